The number of nitrogens with two attached hydrogens (primary N) is 1. The molecular formula is C19H18F4N2O4. The number of alkyl halides is 3. The Morgan fingerprint density at radius 2 is 1.72 bits per heavy atom. The summed E-state index contributed by atoms with van der Waals surface area (Å²) in [5.74, 6) is -4.27. The highest BCUT2D eigenvalue weighted by Crippen LogP contribution is 2.31. The number of amides is 1. The van der Waals surface area contributed by atoms with Crippen molar-refractivity contribution >= 4 is 11.9 Å². The van der Waals surface area contributed by atoms with Crippen LogP contribution in [0.3, 0.4) is 0 Å². The van der Waals surface area contributed by atoms with E-state index in [-0.39, 0.29) is 12.5 Å². The minimum absolute atomic E-state index is 0.0886. The van der Waals surface area contributed by atoms with Crippen molar-refractivity contribution < 1.29 is 37.4 Å². The van der Waals surface area contributed by atoms with E-state index in [0.717, 1.165) is 0 Å². The number of carbonyl (C=O) groups excluding carboxylic acids is 1. The summed E-state index contributed by atoms with van der Waals surface area (Å²) < 4.78 is 52.1. The van der Waals surface area contributed by atoms with Crippen LogP contribution in [0, 0.1) is 5.82 Å². The van der Waals surface area contributed by atoms with Crippen LogP contribution >= 0.6 is 0 Å². The molecule has 0 aliphatic carbocycles. The fraction of sp³-hybridized carbons (Fsp3) is 0.263. The van der Waals surface area contributed by atoms with Crippen molar-refractivity contribution in [2.45, 2.75) is 30.8 Å². The van der Waals surface area contributed by atoms with E-state index in [1.54, 1.807) is 30.3 Å². The van der Waals surface area contributed by atoms with Gasteiger partial charge in [0, 0.05) is 6.04 Å². The number of carboxylic acids is 1. The van der Waals surface area contributed by atoms with Crippen molar-refractivity contribution in [3.05, 3.63) is 71.0 Å². The second kappa shape index (κ2) is 9.01. The van der Waals surface area contributed by atoms with Crippen molar-refractivity contribution in [1.82, 2.24) is 5.32 Å². The number of halogens is 4. The molecule has 0 radical (unpaired) electrons. The van der Waals surface area contributed by atoms with Gasteiger partial charge in [-0.15, -0.1) is 0 Å². The minimum Gasteiger partial charge on any atom is -0.479 e. The molecule has 2 rings (SSSR count). The summed E-state index contributed by atoms with van der Waals surface area (Å²) in [6.45, 7) is 0. The predicted molar refractivity (Wildman–Crippen MR) is 94.0 cm³/mol. The first kappa shape index (κ1) is 22.3. The number of hydrogen-bond donors (Lipinski definition) is 4. The maximum Gasteiger partial charge on any atom is 0.416 e. The molecule has 0 fully saturated rings. The number of nitrogens with one attached hydrogen (secondary N) is 1. The highest BCUT2D eigenvalue weighted by molar-refractivity contribution is 5.87. The molecule has 0 saturated carbocycles. The van der Waals surface area contributed by atoms with E-state index in [4.69, 9.17) is 5.73 Å². The van der Waals surface area contributed by atoms with E-state index < -0.39 is 53.2 Å². The third-order valence-electron chi connectivity index (χ3n) is 4.10. The molecule has 0 spiro atoms. The Morgan fingerprint density at radius 1 is 1.10 bits per heavy atom. The predicted octanol–water partition coefficient (Wildman–Crippen LogP) is 2.02. The third-order valence-corrected chi connectivity index (χ3v) is 4.10. The van der Waals surface area contributed by atoms with Crippen LogP contribution in [-0.4, -0.2) is 34.2 Å². The van der Waals surface area contributed by atoms with Gasteiger partial charge in [-0.25, -0.2) is 9.18 Å². The lowest BCUT2D eigenvalue weighted by Gasteiger charge is -2.22. The van der Waals surface area contributed by atoms with E-state index >= 15 is 0 Å². The number of carboxylic acid groups (broad SMARTS) is 1. The van der Waals surface area contributed by atoms with Crippen LogP contribution < -0.4 is 11.1 Å². The topological polar surface area (TPSA) is 113 Å². The van der Waals surface area contributed by atoms with Gasteiger partial charge in [-0.3, -0.25) is 4.79 Å². The SMILES string of the molecule is N[C@H](Cc1ccccc1)[C@H](O)C(=O)N[C@H](C(=O)O)c1cc(F)cc(C(F)(F)F)c1. The second-order valence-electron chi connectivity index (χ2n) is 6.35. The highest BCUT2D eigenvalue weighted by atomic mass is 19.4. The van der Waals surface area contributed by atoms with Crippen molar-refractivity contribution in [1.29, 1.82) is 0 Å². The molecule has 0 saturated heterocycles. The molecule has 0 aliphatic heterocycles. The first-order valence-corrected chi connectivity index (χ1v) is 8.37. The van der Waals surface area contributed by atoms with Gasteiger partial charge in [0.25, 0.3) is 5.91 Å². The van der Waals surface area contributed by atoms with Crippen LogP contribution in [0.5, 0.6) is 0 Å². The lowest BCUT2D eigenvalue weighted by atomic mass is 10.00. The van der Waals surface area contributed by atoms with E-state index in [9.17, 15) is 37.4 Å². The Hall–Kier alpha value is -2.98. The second-order valence-corrected chi connectivity index (χ2v) is 6.35. The lowest BCUT2D eigenvalue weighted by Crippen LogP contribution is -2.49. The summed E-state index contributed by atoms with van der Waals surface area (Å²) in [5, 5.41) is 21.3. The smallest absolute Gasteiger partial charge is 0.416 e. The maximum absolute atomic E-state index is 13.6. The third kappa shape index (κ3) is 6.00. The zero-order valence-electron chi connectivity index (χ0n) is 14.9. The van der Waals surface area contributed by atoms with Gasteiger partial charge in [0.1, 0.15) is 11.9 Å². The summed E-state index contributed by atoms with van der Waals surface area (Å²) in [5.41, 5.74) is 4.44. The molecule has 0 aromatic heterocycles. The summed E-state index contributed by atoms with van der Waals surface area (Å²) in [6, 6.07) is 6.66. The Kier molecular flexibility index (Phi) is 6.93. The summed E-state index contributed by atoms with van der Waals surface area (Å²) >= 11 is 0. The van der Waals surface area contributed by atoms with E-state index in [1.165, 1.54) is 0 Å². The molecular weight excluding hydrogens is 396 g/mol. The molecule has 1 amide bonds. The number of benzene rings is 2. The zero-order chi connectivity index (χ0) is 21.8. The van der Waals surface area contributed by atoms with E-state index in [2.05, 4.69) is 0 Å². The van der Waals surface area contributed by atoms with E-state index in [1.807, 2.05) is 5.32 Å². The van der Waals surface area contributed by atoms with Crippen molar-refractivity contribution in [3.63, 3.8) is 0 Å². The van der Waals surface area contributed by atoms with Gasteiger partial charge >= 0.3 is 12.1 Å². The van der Waals surface area contributed by atoms with Gasteiger partial charge in [0.15, 0.2) is 6.04 Å². The molecule has 10 heteroatoms. The van der Waals surface area contributed by atoms with Gasteiger partial charge in [0.2, 0.25) is 0 Å². The Bertz CT molecular complexity index is 874. The molecule has 6 nitrogen and oxygen atoms in total. The van der Waals surface area contributed by atoms with Gasteiger partial charge in [-0.2, -0.15) is 13.2 Å². The molecule has 156 valence electrons. The molecule has 2 aromatic carbocycles. The van der Waals surface area contributed by atoms with E-state index in [0.29, 0.717) is 17.7 Å². The molecule has 0 aliphatic rings. The van der Waals surface area contributed by atoms with Gasteiger partial charge in [-0.1, -0.05) is 30.3 Å². The fourth-order valence-corrected chi connectivity index (χ4v) is 2.65. The van der Waals surface area contributed by atoms with Crippen LogP contribution in [0.4, 0.5) is 17.6 Å². The number of aliphatic hydroxyl groups excluding tert-OH is 1. The lowest BCUT2D eigenvalue weighted by molar-refractivity contribution is -0.144. The molecule has 0 heterocycles. The number of rotatable bonds is 7. The highest BCUT2D eigenvalue weighted by Gasteiger charge is 2.34. The molecule has 3 atom stereocenters. The normalized spacial score (nSPS) is 14.7. The van der Waals surface area contributed by atoms with Crippen LogP contribution in [0.25, 0.3) is 0 Å². The van der Waals surface area contributed by atoms with Crippen LogP contribution in [-0.2, 0) is 22.2 Å². The fourth-order valence-electron chi connectivity index (χ4n) is 2.65. The summed E-state index contributed by atoms with van der Waals surface area (Å²) in [4.78, 5) is 23.7. The molecule has 5 N–H and O–H groups in total. The van der Waals surface area contributed by atoms with Crippen LogP contribution in [0.2, 0.25) is 0 Å². The van der Waals surface area contributed by atoms with Crippen LogP contribution in [0.1, 0.15) is 22.7 Å². The first-order chi connectivity index (χ1) is 13.5. The van der Waals surface area contributed by atoms with Crippen molar-refractivity contribution in [3.8, 4) is 0 Å². The van der Waals surface area contributed by atoms with Crippen LogP contribution in [0.15, 0.2) is 48.5 Å². The molecule has 29 heavy (non-hydrogen) atoms. The van der Waals surface area contributed by atoms with Crippen molar-refractivity contribution in [2.75, 3.05) is 0 Å². The number of aliphatic carboxylic acids is 1. The Labute approximate surface area is 163 Å². The van der Waals surface area contributed by atoms with Gasteiger partial charge in [-0.05, 0) is 35.7 Å². The average molecular weight is 414 g/mol. The summed E-state index contributed by atoms with van der Waals surface area (Å²) in [7, 11) is 0. The molecule has 0 bridgehead atoms. The van der Waals surface area contributed by atoms with Gasteiger partial charge < -0.3 is 21.3 Å². The average Bonchev–Trinajstić information content (AvgIpc) is 2.64. The summed E-state index contributed by atoms with van der Waals surface area (Å²) in [6.07, 6.45) is -6.67. The Balaban J connectivity index is 2.19. The quantitative estimate of drug-likeness (QED) is 0.518. The molecule has 2 aromatic rings. The standard InChI is InChI=1S/C19H18F4N2O4/c20-13-8-11(7-12(9-13)19(21,22)23)15(18(28)29)25-17(27)16(26)14(24)6-10-4-2-1-3-5-10/h1-5,7-9,14-16,26H,6,24H2,(H,25,27)(H,28,29)/t14-,15+,16+/m1/s1. The Morgan fingerprint density at radius 3 is 2.28 bits per heavy atom. The largest absolute Gasteiger partial charge is 0.479 e. The molecule has 0 unspecified atom stereocenters. The maximum atomic E-state index is 13.6. The minimum atomic E-state index is -4.92. The zero-order valence-corrected chi connectivity index (χ0v) is 14.9. The number of carbonyl (C=O) groups is 2. The first-order valence-electron chi connectivity index (χ1n) is 8.37. The number of aliphatic hydroxyl groups is 1. The monoisotopic (exact) mass is 414 g/mol. The number of hydrogen-bond acceptors (Lipinski definition) is 4. The van der Waals surface area contributed by atoms with Crippen molar-refractivity contribution in [2.24, 2.45) is 5.73 Å². The van der Waals surface area contributed by atoms with Gasteiger partial charge in [0.05, 0.1) is 5.56 Å².